The highest BCUT2D eigenvalue weighted by molar-refractivity contribution is 6.34. The van der Waals surface area contributed by atoms with Crippen molar-refractivity contribution in [1.29, 1.82) is 0 Å². The van der Waals surface area contributed by atoms with Crippen LogP contribution in [0.15, 0.2) is 24.3 Å². The van der Waals surface area contributed by atoms with Crippen molar-refractivity contribution in [3.05, 3.63) is 29.4 Å². The summed E-state index contributed by atoms with van der Waals surface area (Å²) >= 11 is 6.00. The van der Waals surface area contributed by atoms with Gasteiger partial charge in [-0.2, -0.15) is 0 Å². The molecule has 0 fully saturated rings. The van der Waals surface area contributed by atoms with Crippen LogP contribution in [0.4, 0.5) is 0 Å². The summed E-state index contributed by atoms with van der Waals surface area (Å²) in [7, 11) is 0. The lowest BCUT2D eigenvalue weighted by atomic mass is 10.1. The van der Waals surface area contributed by atoms with Crippen LogP contribution in [0.1, 0.15) is 20.8 Å². The van der Waals surface area contributed by atoms with Gasteiger partial charge in [0.2, 0.25) is 5.88 Å². The van der Waals surface area contributed by atoms with E-state index < -0.39 is 0 Å². The minimum atomic E-state index is 0.0916. The quantitative estimate of drug-likeness (QED) is 0.833. The molecule has 90 valence electrons. The summed E-state index contributed by atoms with van der Waals surface area (Å²) in [4.78, 5) is 0. The molecule has 0 saturated heterocycles. The monoisotopic (exact) mass is 250 g/mol. The molecule has 0 saturated carbocycles. The Kier molecular flexibility index (Phi) is 3.48. The average molecular weight is 251 g/mol. The first kappa shape index (κ1) is 12.1. The lowest BCUT2D eigenvalue weighted by Gasteiger charge is -2.17. The molecule has 0 radical (unpaired) electrons. The molecule has 4 heteroatoms. The fourth-order valence-corrected chi connectivity index (χ4v) is 1.65. The van der Waals surface area contributed by atoms with Crippen LogP contribution in [0.25, 0.3) is 10.8 Å². The molecule has 3 nitrogen and oxygen atoms in total. The number of hydrogen-bond donors (Lipinski definition) is 0. The summed E-state index contributed by atoms with van der Waals surface area (Å²) in [6.07, 6.45) is 0.0916. The number of rotatable bonds is 3. The fourth-order valence-electron chi connectivity index (χ4n) is 1.45. The zero-order valence-electron chi connectivity index (χ0n) is 10.1. The molecule has 1 aromatic carbocycles. The standard InChI is InChI=1S/C13H15ClN2O/c1-8(2)9(3)17-13-11-7-5-4-6-10(11)12(14)15-16-13/h4-9H,1-3H3. The summed E-state index contributed by atoms with van der Waals surface area (Å²) < 4.78 is 5.81. The van der Waals surface area contributed by atoms with Crippen LogP contribution in [-0.2, 0) is 0 Å². The predicted molar refractivity (Wildman–Crippen MR) is 69.5 cm³/mol. The van der Waals surface area contributed by atoms with Crippen LogP contribution in [0.3, 0.4) is 0 Å². The van der Waals surface area contributed by atoms with E-state index in [4.69, 9.17) is 16.3 Å². The lowest BCUT2D eigenvalue weighted by molar-refractivity contribution is 0.164. The number of benzene rings is 1. The maximum Gasteiger partial charge on any atom is 0.241 e. The Bertz CT molecular complexity index is 528. The molecular weight excluding hydrogens is 236 g/mol. The summed E-state index contributed by atoms with van der Waals surface area (Å²) in [6, 6.07) is 7.72. The molecule has 1 aromatic heterocycles. The van der Waals surface area contributed by atoms with E-state index in [1.165, 1.54) is 0 Å². The Balaban J connectivity index is 2.45. The van der Waals surface area contributed by atoms with Gasteiger partial charge < -0.3 is 4.74 Å². The highest BCUT2D eigenvalue weighted by Gasteiger charge is 2.13. The molecule has 0 aliphatic carbocycles. The number of hydrogen-bond acceptors (Lipinski definition) is 3. The van der Waals surface area contributed by atoms with E-state index in [9.17, 15) is 0 Å². The van der Waals surface area contributed by atoms with Gasteiger partial charge in [0.1, 0.15) is 0 Å². The molecule has 0 aliphatic rings. The molecule has 17 heavy (non-hydrogen) atoms. The van der Waals surface area contributed by atoms with Crippen molar-refractivity contribution in [3.63, 3.8) is 0 Å². The first-order chi connectivity index (χ1) is 8.09. The molecule has 0 aliphatic heterocycles. The van der Waals surface area contributed by atoms with Gasteiger partial charge >= 0.3 is 0 Å². The molecular formula is C13H15ClN2O. The number of fused-ring (bicyclic) bond motifs is 1. The third-order valence-electron chi connectivity index (χ3n) is 2.84. The van der Waals surface area contributed by atoms with Crippen molar-refractivity contribution in [3.8, 4) is 5.88 Å². The fraction of sp³-hybridized carbons (Fsp3) is 0.385. The topological polar surface area (TPSA) is 35.0 Å². The van der Waals surface area contributed by atoms with E-state index >= 15 is 0 Å². The molecule has 2 rings (SSSR count). The van der Waals surface area contributed by atoms with Crippen LogP contribution in [0.2, 0.25) is 5.15 Å². The van der Waals surface area contributed by atoms with Crippen LogP contribution in [0.5, 0.6) is 5.88 Å². The third-order valence-corrected chi connectivity index (χ3v) is 3.12. The van der Waals surface area contributed by atoms with Gasteiger partial charge in [-0.05, 0) is 18.9 Å². The van der Waals surface area contributed by atoms with E-state index in [-0.39, 0.29) is 6.10 Å². The molecule has 1 heterocycles. The first-order valence-electron chi connectivity index (χ1n) is 5.67. The zero-order valence-corrected chi connectivity index (χ0v) is 10.9. The Hall–Kier alpha value is -1.35. The minimum Gasteiger partial charge on any atom is -0.473 e. The van der Waals surface area contributed by atoms with E-state index in [0.717, 1.165) is 10.8 Å². The highest BCUT2D eigenvalue weighted by Crippen LogP contribution is 2.28. The van der Waals surface area contributed by atoms with Gasteiger partial charge in [0.15, 0.2) is 5.15 Å². The minimum absolute atomic E-state index is 0.0916. The maximum absolute atomic E-state index is 6.00. The Morgan fingerprint density at radius 1 is 1.06 bits per heavy atom. The zero-order chi connectivity index (χ0) is 12.4. The number of nitrogens with zero attached hydrogens (tertiary/aromatic N) is 2. The summed E-state index contributed by atoms with van der Waals surface area (Å²) in [6.45, 7) is 6.24. The molecule has 0 N–H and O–H groups in total. The van der Waals surface area contributed by atoms with E-state index in [0.29, 0.717) is 17.0 Å². The van der Waals surface area contributed by atoms with E-state index in [2.05, 4.69) is 24.0 Å². The second-order valence-electron chi connectivity index (χ2n) is 4.41. The Morgan fingerprint density at radius 2 is 1.71 bits per heavy atom. The van der Waals surface area contributed by atoms with Crippen LogP contribution >= 0.6 is 11.6 Å². The van der Waals surface area contributed by atoms with Gasteiger partial charge in [-0.15, -0.1) is 10.2 Å². The third kappa shape index (κ3) is 2.50. The number of halogens is 1. The normalized spacial score (nSPS) is 13.0. The van der Waals surface area contributed by atoms with Gasteiger partial charge in [-0.25, -0.2) is 0 Å². The van der Waals surface area contributed by atoms with Crippen LogP contribution < -0.4 is 4.74 Å². The van der Waals surface area contributed by atoms with Gasteiger partial charge in [0.05, 0.1) is 6.10 Å². The molecule has 0 bridgehead atoms. The lowest BCUT2D eigenvalue weighted by Crippen LogP contribution is -2.19. The number of ether oxygens (including phenoxy) is 1. The predicted octanol–water partition coefficient (Wildman–Crippen LogP) is 3.71. The van der Waals surface area contributed by atoms with Gasteiger partial charge in [-0.3, -0.25) is 0 Å². The largest absolute Gasteiger partial charge is 0.473 e. The Labute approximate surface area is 106 Å². The van der Waals surface area contributed by atoms with Crippen molar-refractivity contribution in [2.75, 3.05) is 0 Å². The molecule has 0 amide bonds. The highest BCUT2D eigenvalue weighted by atomic mass is 35.5. The average Bonchev–Trinajstić information content (AvgIpc) is 2.33. The van der Waals surface area contributed by atoms with Gasteiger partial charge in [0, 0.05) is 10.8 Å². The smallest absolute Gasteiger partial charge is 0.241 e. The summed E-state index contributed by atoms with van der Waals surface area (Å²) in [5.41, 5.74) is 0. The van der Waals surface area contributed by atoms with Crippen molar-refractivity contribution in [1.82, 2.24) is 10.2 Å². The van der Waals surface area contributed by atoms with Crippen molar-refractivity contribution < 1.29 is 4.74 Å². The maximum atomic E-state index is 6.00. The molecule has 0 spiro atoms. The van der Waals surface area contributed by atoms with Gasteiger partial charge in [0.25, 0.3) is 0 Å². The molecule has 1 atom stereocenters. The van der Waals surface area contributed by atoms with E-state index in [1.807, 2.05) is 31.2 Å². The SMILES string of the molecule is CC(C)C(C)Oc1nnc(Cl)c2ccccc12. The second kappa shape index (κ2) is 4.88. The summed E-state index contributed by atoms with van der Waals surface area (Å²) in [5.74, 6) is 0.970. The first-order valence-corrected chi connectivity index (χ1v) is 6.05. The van der Waals surface area contributed by atoms with Gasteiger partial charge in [-0.1, -0.05) is 43.6 Å². The van der Waals surface area contributed by atoms with Crippen LogP contribution in [-0.4, -0.2) is 16.3 Å². The summed E-state index contributed by atoms with van der Waals surface area (Å²) in [5, 5.41) is 10.1. The molecule has 1 unspecified atom stereocenters. The second-order valence-corrected chi connectivity index (χ2v) is 4.77. The van der Waals surface area contributed by atoms with Crippen molar-refractivity contribution in [2.45, 2.75) is 26.9 Å². The molecule has 2 aromatic rings. The van der Waals surface area contributed by atoms with Crippen molar-refractivity contribution in [2.24, 2.45) is 5.92 Å². The van der Waals surface area contributed by atoms with Crippen LogP contribution in [0, 0.1) is 5.92 Å². The van der Waals surface area contributed by atoms with E-state index in [1.54, 1.807) is 0 Å². The number of aromatic nitrogens is 2. The van der Waals surface area contributed by atoms with Crippen molar-refractivity contribution >= 4 is 22.4 Å². The Morgan fingerprint density at radius 3 is 2.35 bits per heavy atom.